The topological polar surface area (TPSA) is 79.1 Å². The fourth-order valence-corrected chi connectivity index (χ4v) is 5.77. The van der Waals surface area contributed by atoms with Crippen molar-refractivity contribution in [2.75, 3.05) is 19.8 Å². The number of rotatable bonds is 9. The van der Waals surface area contributed by atoms with E-state index in [-0.39, 0.29) is 18.8 Å². The second-order valence-electron chi connectivity index (χ2n) is 8.22. The molecule has 0 aliphatic carbocycles. The van der Waals surface area contributed by atoms with Crippen LogP contribution in [0, 0.1) is 0 Å². The van der Waals surface area contributed by atoms with Crippen molar-refractivity contribution >= 4 is 46.6 Å². The smallest absolute Gasteiger partial charge is 0.338 e. The van der Waals surface area contributed by atoms with Gasteiger partial charge in [-0.15, -0.1) is 0 Å². The first kappa shape index (κ1) is 27.7. The zero-order valence-corrected chi connectivity index (χ0v) is 23.5. The number of halogens is 2. The SMILES string of the molecule is C=CCOc1c(Cl)cc(C=c2sc3n(c2=O)[C@@H](c2ccc(OCC)cc2)C(C(=O)OCC)=C(C)N=3)cc1Cl. The molecule has 0 unspecified atom stereocenters. The summed E-state index contributed by atoms with van der Waals surface area (Å²) in [6.45, 7) is 9.98. The van der Waals surface area contributed by atoms with Crippen LogP contribution in [0.5, 0.6) is 11.5 Å². The highest BCUT2D eigenvalue weighted by Crippen LogP contribution is 2.35. The van der Waals surface area contributed by atoms with Crippen molar-refractivity contribution in [1.29, 1.82) is 0 Å². The van der Waals surface area contributed by atoms with Gasteiger partial charge in [0.05, 0.1) is 45.1 Å². The first-order valence-corrected chi connectivity index (χ1v) is 13.5. The zero-order chi connectivity index (χ0) is 27.4. The summed E-state index contributed by atoms with van der Waals surface area (Å²) in [7, 11) is 0. The molecule has 0 N–H and O–H groups in total. The minimum atomic E-state index is -0.718. The van der Waals surface area contributed by atoms with Gasteiger partial charge >= 0.3 is 5.97 Å². The molecule has 10 heteroatoms. The molecular weight excluding hydrogens is 547 g/mol. The highest BCUT2D eigenvalue weighted by atomic mass is 35.5. The van der Waals surface area contributed by atoms with Crippen LogP contribution in [0.4, 0.5) is 0 Å². The summed E-state index contributed by atoms with van der Waals surface area (Å²) in [5, 5.41) is 0.622. The highest BCUT2D eigenvalue weighted by molar-refractivity contribution is 7.07. The summed E-state index contributed by atoms with van der Waals surface area (Å²) < 4.78 is 18.4. The van der Waals surface area contributed by atoms with Crippen molar-refractivity contribution in [2.45, 2.75) is 26.8 Å². The van der Waals surface area contributed by atoms with Crippen molar-refractivity contribution < 1.29 is 19.0 Å². The van der Waals surface area contributed by atoms with E-state index in [1.54, 1.807) is 38.1 Å². The molecule has 0 fully saturated rings. The number of hydrogen-bond acceptors (Lipinski definition) is 7. The molecule has 0 spiro atoms. The molecule has 38 heavy (non-hydrogen) atoms. The number of allylic oxidation sites excluding steroid dienone is 1. The number of carbonyl (C=O) groups is 1. The molecule has 0 amide bonds. The standard InChI is InChI=1S/C28H26Cl2N2O5S/c1-5-12-37-25-20(29)13-17(14-21(25)30)15-22-26(33)32-24(18-8-10-19(11-9-18)35-6-2)23(27(34)36-7-3)16(4)31-28(32)38-22/h5,8-11,13-15,24H,1,6-7,12H2,2-4H3/t24-/m0/s1. The van der Waals surface area contributed by atoms with E-state index in [0.29, 0.717) is 54.3 Å². The Kier molecular flexibility index (Phi) is 8.76. The van der Waals surface area contributed by atoms with Crippen LogP contribution in [-0.4, -0.2) is 30.4 Å². The van der Waals surface area contributed by atoms with E-state index in [2.05, 4.69) is 11.6 Å². The molecular formula is C28H26Cl2N2O5S. The third kappa shape index (κ3) is 5.57. The Morgan fingerprint density at radius 2 is 1.82 bits per heavy atom. The Hall–Kier alpha value is -3.33. The number of hydrogen-bond donors (Lipinski definition) is 0. The summed E-state index contributed by atoms with van der Waals surface area (Å²) in [4.78, 5) is 31.9. The van der Waals surface area contributed by atoms with Gasteiger partial charge in [0, 0.05) is 0 Å². The van der Waals surface area contributed by atoms with Gasteiger partial charge in [-0.1, -0.05) is 59.3 Å². The number of thiazole rings is 1. The van der Waals surface area contributed by atoms with Gasteiger partial charge < -0.3 is 14.2 Å². The van der Waals surface area contributed by atoms with E-state index >= 15 is 0 Å². The molecule has 0 saturated heterocycles. The van der Waals surface area contributed by atoms with Crippen molar-refractivity contribution in [3.05, 3.63) is 101 Å². The van der Waals surface area contributed by atoms with E-state index in [0.717, 1.165) is 5.56 Å². The minimum absolute atomic E-state index is 0.198. The number of benzene rings is 2. The summed E-state index contributed by atoms with van der Waals surface area (Å²) in [6.07, 6.45) is 3.28. The molecule has 0 saturated carbocycles. The number of carbonyl (C=O) groups excluding carboxylic acids is 1. The second-order valence-corrected chi connectivity index (χ2v) is 10.0. The number of aromatic nitrogens is 1. The molecule has 7 nitrogen and oxygen atoms in total. The number of nitrogens with zero attached hydrogens (tertiary/aromatic N) is 2. The lowest BCUT2D eigenvalue weighted by Crippen LogP contribution is -2.39. The van der Waals surface area contributed by atoms with Crippen LogP contribution in [0.25, 0.3) is 6.08 Å². The maximum Gasteiger partial charge on any atom is 0.338 e. The van der Waals surface area contributed by atoms with Gasteiger partial charge in [-0.25, -0.2) is 9.79 Å². The van der Waals surface area contributed by atoms with Gasteiger partial charge in [-0.05, 0) is 62.2 Å². The van der Waals surface area contributed by atoms with Gasteiger partial charge in [-0.3, -0.25) is 9.36 Å². The van der Waals surface area contributed by atoms with Crippen LogP contribution < -0.4 is 24.4 Å². The summed E-state index contributed by atoms with van der Waals surface area (Å²) in [5.41, 5.74) is 1.85. The monoisotopic (exact) mass is 572 g/mol. The third-order valence-electron chi connectivity index (χ3n) is 5.69. The molecule has 198 valence electrons. The Balaban J connectivity index is 1.87. The molecule has 0 bridgehead atoms. The Morgan fingerprint density at radius 3 is 2.42 bits per heavy atom. The molecule has 4 rings (SSSR count). The molecule has 1 atom stereocenters. The predicted octanol–water partition coefficient (Wildman–Crippen LogP) is 5.07. The van der Waals surface area contributed by atoms with Gasteiger partial charge in [0.15, 0.2) is 10.6 Å². The predicted molar refractivity (Wildman–Crippen MR) is 150 cm³/mol. The quantitative estimate of drug-likeness (QED) is 0.264. The Bertz CT molecular complexity index is 1570. The van der Waals surface area contributed by atoms with Gasteiger partial charge in [0.2, 0.25) is 0 Å². The fourth-order valence-electron chi connectivity index (χ4n) is 4.11. The molecule has 1 aliphatic heterocycles. The van der Waals surface area contributed by atoms with Crippen LogP contribution >= 0.6 is 34.5 Å². The van der Waals surface area contributed by atoms with Gasteiger partial charge in [-0.2, -0.15) is 0 Å². The first-order chi connectivity index (χ1) is 18.3. The maximum absolute atomic E-state index is 13.8. The Morgan fingerprint density at radius 1 is 1.13 bits per heavy atom. The summed E-state index contributed by atoms with van der Waals surface area (Å²) in [6, 6.07) is 9.93. The maximum atomic E-state index is 13.8. The summed E-state index contributed by atoms with van der Waals surface area (Å²) in [5.74, 6) is 0.518. The van der Waals surface area contributed by atoms with Crippen LogP contribution in [0.2, 0.25) is 10.0 Å². The lowest BCUT2D eigenvalue weighted by atomic mass is 9.96. The molecule has 0 radical (unpaired) electrons. The highest BCUT2D eigenvalue weighted by Gasteiger charge is 2.33. The van der Waals surface area contributed by atoms with Gasteiger partial charge in [0.1, 0.15) is 12.4 Å². The van der Waals surface area contributed by atoms with Crippen LogP contribution in [-0.2, 0) is 9.53 Å². The number of esters is 1. The number of ether oxygens (including phenoxy) is 3. The van der Waals surface area contributed by atoms with Crippen LogP contribution in [0.3, 0.4) is 0 Å². The second kappa shape index (κ2) is 12.0. The lowest BCUT2D eigenvalue weighted by Gasteiger charge is -2.24. The molecule has 2 aromatic carbocycles. The van der Waals surface area contributed by atoms with E-state index < -0.39 is 12.0 Å². The molecule has 1 aliphatic rings. The largest absolute Gasteiger partial charge is 0.494 e. The van der Waals surface area contributed by atoms with E-state index in [1.807, 2.05) is 31.2 Å². The molecule has 1 aromatic heterocycles. The van der Waals surface area contributed by atoms with E-state index in [4.69, 9.17) is 37.4 Å². The minimum Gasteiger partial charge on any atom is -0.494 e. The first-order valence-electron chi connectivity index (χ1n) is 11.9. The Labute approximate surface area is 233 Å². The van der Waals surface area contributed by atoms with E-state index in [1.165, 1.54) is 15.9 Å². The average molecular weight is 573 g/mol. The van der Waals surface area contributed by atoms with Gasteiger partial charge in [0.25, 0.3) is 5.56 Å². The third-order valence-corrected chi connectivity index (χ3v) is 7.23. The van der Waals surface area contributed by atoms with Crippen LogP contribution in [0.1, 0.15) is 37.9 Å². The van der Waals surface area contributed by atoms with Crippen molar-refractivity contribution in [1.82, 2.24) is 4.57 Å². The lowest BCUT2D eigenvalue weighted by molar-refractivity contribution is -0.139. The normalized spacial score (nSPS) is 15.1. The average Bonchev–Trinajstić information content (AvgIpc) is 3.17. The van der Waals surface area contributed by atoms with Crippen LogP contribution in [0.15, 0.2) is 70.1 Å². The van der Waals surface area contributed by atoms with Crippen molar-refractivity contribution in [3.63, 3.8) is 0 Å². The summed E-state index contributed by atoms with van der Waals surface area (Å²) >= 11 is 14.0. The molecule has 2 heterocycles. The van der Waals surface area contributed by atoms with E-state index in [9.17, 15) is 9.59 Å². The number of fused-ring (bicyclic) bond motifs is 1. The molecule has 3 aromatic rings. The zero-order valence-electron chi connectivity index (χ0n) is 21.1. The van der Waals surface area contributed by atoms with Crippen molar-refractivity contribution in [2.24, 2.45) is 4.99 Å². The van der Waals surface area contributed by atoms with Crippen molar-refractivity contribution in [3.8, 4) is 11.5 Å². The fraction of sp³-hybridized carbons (Fsp3) is 0.250.